The molecule has 0 bridgehead atoms. The lowest BCUT2D eigenvalue weighted by Gasteiger charge is -2.17. The molecule has 0 spiro atoms. The lowest BCUT2D eigenvalue weighted by Crippen LogP contribution is -2.35. The van der Waals surface area contributed by atoms with Gasteiger partial charge in [-0.3, -0.25) is 15.0 Å². The average molecular weight is 338 g/mol. The highest BCUT2D eigenvalue weighted by molar-refractivity contribution is 6.25. The largest absolute Gasteiger partial charge is 0.288 e. The number of fused-ring (bicyclic) bond motifs is 6. The molecule has 1 aliphatic heterocycles. The second kappa shape index (κ2) is 5.43. The van der Waals surface area contributed by atoms with Crippen LogP contribution in [0.1, 0.15) is 0 Å². The van der Waals surface area contributed by atoms with Crippen LogP contribution in [0.5, 0.6) is 0 Å². The van der Waals surface area contributed by atoms with Crippen molar-refractivity contribution in [3.8, 4) is 0 Å². The van der Waals surface area contributed by atoms with Crippen LogP contribution in [0.3, 0.4) is 0 Å². The summed E-state index contributed by atoms with van der Waals surface area (Å²) in [5.41, 5.74) is 3.61. The van der Waals surface area contributed by atoms with E-state index in [1.165, 1.54) is 28.3 Å². The number of carbonyl (C=O) groups is 2. The number of hydrazine groups is 1. The zero-order valence-electron chi connectivity index (χ0n) is 13.8. The summed E-state index contributed by atoms with van der Waals surface area (Å²) in [5, 5.41) is 7.96. The van der Waals surface area contributed by atoms with E-state index in [-0.39, 0.29) is 11.8 Å². The van der Waals surface area contributed by atoms with Crippen LogP contribution in [0, 0.1) is 0 Å². The highest BCUT2D eigenvalue weighted by atomic mass is 16.2. The molecule has 5 rings (SSSR count). The molecule has 0 aliphatic carbocycles. The minimum atomic E-state index is -0.363. The Morgan fingerprint density at radius 3 is 1.58 bits per heavy atom. The second-order valence-corrected chi connectivity index (χ2v) is 6.31. The second-order valence-electron chi connectivity index (χ2n) is 6.31. The molecule has 0 aromatic heterocycles. The van der Waals surface area contributed by atoms with Gasteiger partial charge in [0.15, 0.2) is 0 Å². The Morgan fingerprint density at radius 1 is 0.577 bits per heavy atom. The van der Waals surface area contributed by atoms with E-state index in [2.05, 4.69) is 29.7 Å². The zero-order chi connectivity index (χ0) is 17.7. The molecule has 0 fully saturated rings. The van der Waals surface area contributed by atoms with E-state index >= 15 is 0 Å². The van der Waals surface area contributed by atoms with Gasteiger partial charge in [0, 0.05) is 12.2 Å². The molecule has 124 valence electrons. The summed E-state index contributed by atoms with van der Waals surface area (Å²) < 4.78 is 0. The summed E-state index contributed by atoms with van der Waals surface area (Å²) in [6.45, 7) is 0. The van der Waals surface area contributed by atoms with Crippen molar-refractivity contribution >= 4 is 49.8 Å². The summed E-state index contributed by atoms with van der Waals surface area (Å²) in [4.78, 5) is 23.6. The van der Waals surface area contributed by atoms with Crippen molar-refractivity contribution in [1.82, 2.24) is 5.01 Å². The molecule has 1 N–H and O–H groups in total. The summed E-state index contributed by atoms with van der Waals surface area (Å²) >= 11 is 0. The molecule has 1 heterocycles. The molecule has 4 heteroatoms. The van der Waals surface area contributed by atoms with Crippen LogP contribution in [0.4, 0.5) is 5.69 Å². The number of carbonyl (C=O) groups excluding carboxylic acids is 2. The quantitative estimate of drug-likeness (QED) is 0.435. The minimum absolute atomic E-state index is 0.363. The SMILES string of the molecule is O=C1C=CC(=O)N1Nc1ccc2c3ccccc3c3ccccc3c2c1. The molecule has 4 aromatic rings. The van der Waals surface area contributed by atoms with Crippen LogP contribution < -0.4 is 5.43 Å². The Bertz CT molecular complexity index is 1200. The number of rotatable bonds is 2. The number of nitrogens with zero attached hydrogens (tertiary/aromatic N) is 1. The van der Waals surface area contributed by atoms with Crippen LogP contribution in [0.15, 0.2) is 78.9 Å². The van der Waals surface area contributed by atoms with Crippen LogP contribution in [0.2, 0.25) is 0 Å². The van der Waals surface area contributed by atoms with E-state index in [4.69, 9.17) is 0 Å². The van der Waals surface area contributed by atoms with E-state index in [0.29, 0.717) is 5.69 Å². The van der Waals surface area contributed by atoms with Crippen molar-refractivity contribution in [2.75, 3.05) is 5.43 Å². The Hall–Kier alpha value is -3.66. The Balaban J connectivity index is 1.76. The van der Waals surface area contributed by atoms with Gasteiger partial charge in [-0.15, -0.1) is 0 Å². The number of imide groups is 1. The van der Waals surface area contributed by atoms with E-state index in [0.717, 1.165) is 21.2 Å². The zero-order valence-corrected chi connectivity index (χ0v) is 13.8. The average Bonchev–Trinajstić information content (AvgIpc) is 3.00. The Morgan fingerprint density at radius 2 is 1.04 bits per heavy atom. The van der Waals surface area contributed by atoms with Gasteiger partial charge in [-0.2, -0.15) is 5.01 Å². The number of anilines is 1. The fourth-order valence-corrected chi connectivity index (χ4v) is 3.62. The normalized spacial score (nSPS) is 14.1. The fraction of sp³-hybridized carbons (Fsp3) is 0. The maximum Gasteiger partial charge on any atom is 0.272 e. The van der Waals surface area contributed by atoms with Gasteiger partial charge in [0.05, 0.1) is 5.69 Å². The van der Waals surface area contributed by atoms with Gasteiger partial charge in [-0.1, -0.05) is 54.6 Å². The molecule has 0 saturated carbocycles. The van der Waals surface area contributed by atoms with Crippen molar-refractivity contribution in [1.29, 1.82) is 0 Å². The third-order valence-electron chi connectivity index (χ3n) is 4.79. The summed E-state index contributed by atoms with van der Waals surface area (Å²) in [6.07, 6.45) is 2.53. The van der Waals surface area contributed by atoms with Crippen LogP contribution in [-0.4, -0.2) is 16.8 Å². The number of hydrogen-bond acceptors (Lipinski definition) is 3. The fourth-order valence-electron chi connectivity index (χ4n) is 3.62. The van der Waals surface area contributed by atoms with E-state index < -0.39 is 0 Å². The van der Waals surface area contributed by atoms with Crippen molar-refractivity contribution in [3.63, 3.8) is 0 Å². The summed E-state index contributed by atoms with van der Waals surface area (Å²) in [6, 6.07) is 22.5. The Kier molecular flexibility index (Phi) is 3.06. The number of nitrogens with one attached hydrogen (secondary N) is 1. The highest BCUT2D eigenvalue weighted by Gasteiger charge is 2.23. The first-order valence-electron chi connectivity index (χ1n) is 8.38. The molecule has 0 atom stereocenters. The first-order chi connectivity index (χ1) is 12.7. The van der Waals surface area contributed by atoms with Crippen LogP contribution in [0.25, 0.3) is 32.3 Å². The molecule has 0 saturated heterocycles. The molecular formula is C22H14N2O2. The van der Waals surface area contributed by atoms with Crippen molar-refractivity contribution in [3.05, 3.63) is 78.9 Å². The van der Waals surface area contributed by atoms with Gasteiger partial charge in [0.2, 0.25) is 0 Å². The van der Waals surface area contributed by atoms with Gasteiger partial charge < -0.3 is 0 Å². The lowest BCUT2D eigenvalue weighted by molar-refractivity contribution is -0.135. The van der Waals surface area contributed by atoms with Crippen molar-refractivity contribution in [2.24, 2.45) is 0 Å². The predicted octanol–water partition coefficient (Wildman–Crippen LogP) is 4.40. The molecule has 0 radical (unpaired) electrons. The van der Waals surface area contributed by atoms with E-state index in [9.17, 15) is 9.59 Å². The van der Waals surface area contributed by atoms with Crippen molar-refractivity contribution in [2.45, 2.75) is 0 Å². The van der Waals surface area contributed by atoms with Crippen molar-refractivity contribution < 1.29 is 9.59 Å². The number of amides is 2. The first kappa shape index (κ1) is 14.7. The van der Waals surface area contributed by atoms with E-state index in [1.54, 1.807) is 0 Å². The van der Waals surface area contributed by atoms with Gasteiger partial charge in [-0.25, -0.2) is 0 Å². The van der Waals surface area contributed by atoms with Gasteiger partial charge in [0.25, 0.3) is 11.8 Å². The monoisotopic (exact) mass is 338 g/mol. The maximum atomic E-state index is 11.8. The Labute approximate surface area is 149 Å². The predicted molar refractivity (Wildman–Crippen MR) is 104 cm³/mol. The molecule has 2 amide bonds. The third-order valence-corrected chi connectivity index (χ3v) is 4.79. The van der Waals surface area contributed by atoms with Crippen LogP contribution in [-0.2, 0) is 9.59 Å². The molecule has 1 aliphatic rings. The molecule has 0 unspecified atom stereocenters. The molecule has 4 aromatic carbocycles. The van der Waals surface area contributed by atoms with E-state index in [1.807, 2.05) is 42.5 Å². The summed E-state index contributed by atoms with van der Waals surface area (Å²) in [7, 11) is 0. The minimum Gasteiger partial charge on any atom is -0.288 e. The molecule has 4 nitrogen and oxygen atoms in total. The smallest absolute Gasteiger partial charge is 0.272 e. The number of hydrogen-bond donors (Lipinski definition) is 1. The summed E-state index contributed by atoms with van der Waals surface area (Å²) in [5.74, 6) is -0.725. The van der Waals surface area contributed by atoms with Gasteiger partial charge in [-0.05, 0) is 44.5 Å². The molecular weight excluding hydrogens is 324 g/mol. The third kappa shape index (κ3) is 2.09. The maximum absolute atomic E-state index is 11.8. The topological polar surface area (TPSA) is 49.4 Å². The standard InChI is InChI=1S/C22H14N2O2/c25-21-11-12-22(26)24(21)23-14-9-10-19-17-7-2-1-5-15(17)16-6-3-4-8-18(16)20(19)13-14/h1-13,23H. The molecule has 26 heavy (non-hydrogen) atoms. The van der Waals surface area contributed by atoms with Gasteiger partial charge in [0.1, 0.15) is 0 Å². The number of benzene rings is 4. The van der Waals surface area contributed by atoms with Gasteiger partial charge >= 0.3 is 0 Å². The highest BCUT2D eigenvalue weighted by Crippen LogP contribution is 2.36. The van der Waals surface area contributed by atoms with Crippen LogP contribution >= 0.6 is 0 Å². The lowest BCUT2D eigenvalue weighted by atomic mass is 9.94. The first-order valence-corrected chi connectivity index (χ1v) is 8.38.